The third-order valence-electron chi connectivity index (χ3n) is 5.62. The van der Waals surface area contributed by atoms with Gasteiger partial charge in [-0.1, -0.05) is 24.3 Å². The van der Waals surface area contributed by atoms with Crippen LogP contribution in [-0.4, -0.2) is 64.4 Å². The Balaban J connectivity index is 1.59. The molecule has 30 heavy (non-hydrogen) atoms. The summed E-state index contributed by atoms with van der Waals surface area (Å²) in [6.45, 7) is 2.07. The van der Waals surface area contributed by atoms with Crippen LogP contribution in [0.15, 0.2) is 53.4 Å². The van der Waals surface area contributed by atoms with E-state index >= 15 is 0 Å². The zero-order valence-electron chi connectivity index (χ0n) is 17.2. The van der Waals surface area contributed by atoms with E-state index in [-0.39, 0.29) is 18.1 Å². The second kappa shape index (κ2) is 8.37. The van der Waals surface area contributed by atoms with Gasteiger partial charge in [-0.15, -0.1) is 0 Å². The van der Waals surface area contributed by atoms with E-state index in [1.165, 1.54) is 6.26 Å². The molecule has 1 amide bonds. The van der Waals surface area contributed by atoms with E-state index in [2.05, 4.69) is 4.90 Å². The standard InChI is InChI=1S/C22H26N2O5S/c1-28-12-11-24-19-5-3-4-6-21(19)29-17-13-20(22(24)25)23(15-17)14-16-7-9-18(10-8-16)30(2,26)27/h3-10,17,20H,11-15H2,1-2H3/t17-,20-/m0/s1. The molecule has 8 heteroatoms. The number of carbonyl (C=O) groups excluding carboxylic acids is 1. The number of carbonyl (C=O) groups is 1. The summed E-state index contributed by atoms with van der Waals surface area (Å²) in [6, 6.07) is 14.2. The number of amides is 1. The van der Waals surface area contributed by atoms with Crippen molar-refractivity contribution in [1.82, 2.24) is 4.90 Å². The predicted octanol–water partition coefficient (Wildman–Crippen LogP) is 2.11. The zero-order valence-corrected chi connectivity index (χ0v) is 18.0. The molecule has 4 rings (SSSR count). The van der Waals surface area contributed by atoms with E-state index in [9.17, 15) is 13.2 Å². The minimum absolute atomic E-state index is 0.0399. The van der Waals surface area contributed by atoms with Crippen LogP contribution in [0, 0.1) is 0 Å². The van der Waals surface area contributed by atoms with Gasteiger partial charge in [0.15, 0.2) is 9.84 Å². The maximum Gasteiger partial charge on any atom is 0.244 e. The first-order valence-electron chi connectivity index (χ1n) is 9.96. The largest absolute Gasteiger partial charge is 0.487 e. The van der Waals surface area contributed by atoms with Crippen LogP contribution in [0.1, 0.15) is 12.0 Å². The fourth-order valence-corrected chi connectivity index (χ4v) is 4.76. The van der Waals surface area contributed by atoms with Crippen LogP contribution in [0.3, 0.4) is 0 Å². The molecule has 0 spiro atoms. The highest BCUT2D eigenvalue weighted by molar-refractivity contribution is 7.90. The van der Waals surface area contributed by atoms with Crippen LogP contribution in [0.2, 0.25) is 0 Å². The van der Waals surface area contributed by atoms with E-state index in [4.69, 9.17) is 9.47 Å². The van der Waals surface area contributed by atoms with Crippen molar-refractivity contribution in [3.63, 3.8) is 0 Å². The lowest BCUT2D eigenvalue weighted by Crippen LogP contribution is -2.47. The van der Waals surface area contributed by atoms with Gasteiger partial charge in [0.25, 0.3) is 0 Å². The number of anilines is 1. The van der Waals surface area contributed by atoms with Crippen molar-refractivity contribution < 1.29 is 22.7 Å². The number of likely N-dealkylation sites (tertiary alicyclic amines) is 1. The maximum atomic E-state index is 13.5. The molecule has 2 aromatic rings. The van der Waals surface area contributed by atoms with Crippen molar-refractivity contribution in [1.29, 1.82) is 0 Å². The van der Waals surface area contributed by atoms with Crippen LogP contribution >= 0.6 is 0 Å². The summed E-state index contributed by atoms with van der Waals surface area (Å²) >= 11 is 0. The van der Waals surface area contributed by atoms with E-state index in [0.29, 0.717) is 43.3 Å². The monoisotopic (exact) mass is 430 g/mol. The average Bonchev–Trinajstić information content (AvgIpc) is 3.11. The van der Waals surface area contributed by atoms with E-state index in [1.54, 1.807) is 24.1 Å². The number of hydrogen-bond acceptors (Lipinski definition) is 6. The Bertz CT molecular complexity index is 1020. The second-order valence-electron chi connectivity index (χ2n) is 7.79. The maximum absolute atomic E-state index is 13.5. The van der Waals surface area contributed by atoms with Crippen LogP contribution in [0.5, 0.6) is 5.75 Å². The number of rotatable bonds is 6. The molecule has 1 saturated heterocycles. The van der Waals surface area contributed by atoms with Gasteiger partial charge in [-0.3, -0.25) is 9.69 Å². The molecule has 2 aliphatic rings. The number of sulfone groups is 1. The molecule has 0 unspecified atom stereocenters. The van der Waals surface area contributed by atoms with Crippen LogP contribution in [0.25, 0.3) is 0 Å². The summed E-state index contributed by atoms with van der Waals surface area (Å²) in [7, 11) is -1.61. The summed E-state index contributed by atoms with van der Waals surface area (Å²) in [4.78, 5) is 17.7. The fraction of sp³-hybridized carbons (Fsp3) is 0.409. The quantitative estimate of drug-likeness (QED) is 0.699. The van der Waals surface area contributed by atoms with Gasteiger partial charge in [-0.05, 0) is 29.8 Å². The lowest BCUT2D eigenvalue weighted by atomic mass is 10.1. The van der Waals surface area contributed by atoms with E-state index in [0.717, 1.165) is 11.3 Å². The Morgan fingerprint density at radius 1 is 1.13 bits per heavy atom. The van der Waals surface area contributed by atoms with E-state index < -0.39 is 9.84 Å². The van der Waals surface area contributed by atoms with Crippen molar-refractivity contribution in [2.45, 2.75) is 30.0 Å². The predicted molar refractivity (Wildman–Crippen MR) is 113 cm³/mol. The van der Waals surface area contributed by atoms with Gasteiger partial charge in [-0.25, -0.2) is 8.42 Å². The number of hydrogen-bond donors (Lipinski definition) is 0. The Labute approximate surface area is 177 Å². The highest BCUT2D eigenvalue weighted by Gasteiger charge is 2.42. The lowest BCUT2D eigenvalue weighted by Gasteiger charge is -2.31. The van der Waals surface area contributed by atoms with Crippen molar-refractivity contribution in [3.05, 3.63) is 54.1 Å². The average molecular weight is 431 g/mol. The highest BCUT2D eigenvalue weighted by Crippen LogP contribution is 2.36. The van der Waals surface area contributed by atoms with Crippen LogP contribution in [-0.2, 0) is 25.9 Å². The van der Waals surface area contributed by atoms with Gasteiger partial charge in [0, 0.05) is 39.4 Å². The fourth-order valence-electron chi connectivity index (χ4n) is 4.13. The van der Waals surface area contributed by atoms with Crippen molar-refractivity contribution in [3.8, 4) is 5.75 Å². The Kier molecular flexibility index (Phi) is 5.81. The van der Waals surface area contributed by atoms with Gasteiger partial charge in [0.1, 0.15) is 11.9 Å². The minimum Gasteiger partial charge on any atom is -0.487 e. The molecular formula is C22H26N2O5S. The number of benzene rings is 2. The topological polar surface area (TPSA) is 76.2 Å². The SMILES string of the molecule is COCCN1C(=O)[C@@H]2C[C@@H](CN2Cc2ccc(S(C)(=O)=O)cc2)Oc2ccccc21. The third-order valence-corrected chi connectivity index (χ3v) is 6.75. The minimum atomic E-state index is -3.23. The Morgan fingerprint density at radius 2 is 1.87 bits per heavy atom. The van der Waals surface area contributed by atoms with Crippen LogP contribution in [0.4, 0.5) is 5.69 Å². The zero-order chi connectivity index (χ0) is 21.3. The molecule has 0 aromatic heterocycles. The third kappa shape index (κ3) is 4.21. The molecule has 2 atom stereocenters. The number of nitrogens with zero attached hydrogens (tertiary/aromatic N) is 2. The van der Waals surface area contributed by atoms with Crippen molar-refractivity contribution in [2.75, 3.05) is 38.0 Å². The summed E-state index contributed by atoms with van der Waals surface area (Å²) in [5, 5.41) is 0. The second-order valence-corrected chi connectivity index (χ2v) is 9.80. The summed E-state index contributed by atoms with van der Waals surface area (Å²) in [5.74, 6) is 0.753. The number of methoxy groups -OCH3 is 1. The number of fused-ring (bicyclic) bond motifs is 3. The summed E-state index contributed by atoms with van der Waals surface area (Å²) in [6.07, 6.45) is 1.75. The molecule has 2 heterocycles. The first-order chi connectivity index (χ1) is 14.4. The highest BCUT2D eigenvalue weighted by atomic mass is 32.2. The van der Waals surface area contributed by atoms with Gasteiger partial charge in [-0.2, -0.15) is 0 Å². The molecule has 1 fully saturated rings. The molecule has 7 nitrogen and oxygen atoms in total. The van der Waals surface area contributed by atoms with E-state index in [1.807, 2.05) is 36.4 Å². The Hall–Kier alpha value is -2.42. The smallest absolute Gasteiger partial charge is 0.244 e. The molecule has 2 aliphatic heterocycles. The first-order valence-corrected chi connectivity index (χ1v) is 11.8. The molecular weight excluding hydrogens is 404 g/mol. The molecule has 0 aliphatic carbocycles. The van der Waals surface area contributed by atoms with Gasteiger partial charge in [0.05, 0.1) is 23.2 Å². The lowest BCUT2D eigenvalue weighted by molar-refractivity contribution is -0.123. The molecule has 2 bridgehead atoms. The number of para-hydroxylation sites is 2. The van der Waals surface area contributed by atoms with Crippen molar-refractivity contribution >= 4 is 21.4 Å². The molecule has 0 radical (unpaired) electrons. The normalized spacial score (nSPS) is 21.7. The molecule has 160 valence electrons. The molecule has 2 aromatic carbocycles. The first kappa shape index (κ1) is 20.8. The van der Waals surface area contributed by atoms with Gasteiger partial charge in [0.2, 0.25) is 5.91 Å². The van der Waals surface area contributed by atoms with Crippen LogP contribution < -0.4 is 9.64 Å². The van der Waals surface area contributed by atoms with Gasteiger partial charge >= 0.3 is 0 Å². The molecule has 0 N–H and O–H groups in total. The summed E-state index contributed by atoms with van der Waals surface area (Å²) < 4.78 is 34.9. The van der Waals surface area contributed by atoms with Gasteiger partial charge < -0.3 is 14.4 Å². The summed E-state index contributed by atoms with van der Waals surface area (Å²) in [5.41, 5.74) is 1.73. The van der Waals surface area contributed by atoms with Crippen molar-refractivity contribution in [2.24, 2.45) is 0 Å². The Morgan fingerprint density at radius 3 is 2.57 bits per heavy atom. The molecule has 0 saturated carbocycles. The number of ether oxygens (including phenoxy) is 2.